The highest BCUT2D eigenvalue weighted by atomic mass is 16.5. The first kappa shape index (κ1) is 9.00. The molecule has 2 fully saturated rings. The Kier molecular flexibility index (Phi) is 1.44. The van der Waals surface area contributed by atoms with Gasteiger partial charge in [-0.2, -0.15) is 0 Å². The summed E-state index contributed by atoms with van der Waals surface area (Å²) in [4.78, 5) is 11.6. The fourth-order valence-corrected chi connectivity index (χ4v) is 2.60. The molecule has 3 nitrogen and oxygen atoms in total. The van der Waals surface area contributed by atoms with E-state index in [4.69, 9.17) is 10.5 Å². The van der Waals surface area contributed by atoms with Gasteiger partial charge in [-0.15, -0.1) is 0 Å². The molecular weight excluding hydrogens is 166 g/mol. The summed E-state index contributed by atoms with van der Waals surface area (Å²) in [5.41, 5.74) is 5.30. The third-order valence-electron chi connectivity index (χ3n) is 4.58. The van der Waals surface area contributed by atoms with E-state index in [0.717, 1.165) is 12.8 Å². The maximum atomic E-state index is 11.6. The van der Waals surface area contributed by atoms with Crippen LogP contribution in [0.15, 0.2) is 0 Å². The molecule has 2 aliphatic rings. The van der Waals surface area contributed by atoms with Crippen LogP contribution >= 0.6 is 0 Å². The van der Waals surface area contributed by atoms with E-state index in [1.165, 1.54) is 0 Å². The summed E-state index contributed by atoms with van der Waals surface area (Å²) in [6.07, 6.45) is 1.75. The van der Waals surface area contributed by atoms with Gasteiger partial charge in [-0.05, 0) is 12.8 Å². The first-order chi connectivity index (χ1) is 5.83. The number of carbonyl (C=O) groups is 1. The van der Waals surface area contributed by atoms with Gasteiger partial charge in [0.25, 0.3) is 0 Å². The molecule has 2 bridgehead atoms. The minimum atomic E-state index is -0.750. The fourth-order valence-electron chi connectivity index (χ4n) is 2.60. The number of hydrogen-bond donors (Lipinski definition) is 1. The third-order valence-corrected chi connectivity index (χ3v) is 4.58. The maximum Gasteiger partial charge on any atom is 0.326 e. The molecule has 2 rings (SSSR count). The predicted molar refractivity (Wildman–Crippen MR) is 49.0 cm³/mol. The summed E-state index contributed by atoms with van der Waals surface area (Å²) in [7, 11) is 0. The standard InChI is InChI=1S/C10H17NO2/c1-8(2)9(3)4-5-10(8,11)7(12)13-6-9/h4-6,11H2,1-3H3. The molecule has 0 radical (unpaired) electrons. The zero-order valence-electron chi connectivity index (χ0n) is 8.52. The third kappa shape index (κ3) is 0.766. The summed E-state index contributed by atoms with van der Waals surface area (Å²) in [5.74, 6) is -0.215. The quantitative estimate of drug-likeness (QED) is 0.571. The summed E-state index contributed by atoms with van der Waals surface area (Å²) in [6, 6.07) is 0. The number of ether oxygens (including phenoxy) is 1. The molecule has 0 aromatic rings. The van der Waals surface area contributed by atoms with Crippen molar-refractivity contribution in [3.63, 3.8) is 0 Å². The van der Waals surface area contributed by atoms with E-state index < -0.39 is 5.54 Å². The molecule has 3 heteroatoms. The number of cyclic esters (lactones) is 1. The average molecular weight is 183 g/mol. The van der Waals surface area contributed by atoms with E-state index >= 15 is 0 Å². The van der Waals surface area contributed by atoms with Crippen molar-refractivity contribution < 1.29 is 9.53 Å². The monoisotopic (exact) mass is 183 g/mol. The number of nitrogens with two attached hydrogens (primary N) is 1. The van der Waals surface area contributed by atoms with Crippen LogP contribution in [0.25, 0.3) is 0 Å². The summed E-state index contributed by atoms with van der Waals surface area (Å²) < 4.78 is 5.14. The van der Waals surface area contributed by atoms with Crippen molar-refractivity contribution in [3.05, 3.63) is 0 Å². The first-order valence-electron chi connectivity index (χ1n) is 4.80. The highest BCUT2D eigenvalue weighted by molar-refractivity contribution is 5.83. The van der Waals surface area contributed by atoms with Crippen LogP contribution in [0.5, 0.6) is 0 Å². The van der Waals surface area contributed by atoms with Crippen LogP contribution in [0.4, 0.5) is 0 Å². The molecule has 2 N–H and O–H groups in total. The lowest BCUT2D eigenvalue weighted by Crippen LogP contribution is -2.63. The zero-order valence-corrected chi connectivity index (χ0v) is 8.52. The van der Waals surface area contributed by atoms with E-state index in [1.807, 2.05) is 0 Å². The second-order valence-corrected chi connectivity index (χ2v) is 5.23. The van der Waals surface area contributed by atoms with E-state index in [9.17, 15) is 4.79 Å². The fraction of sp³-hybridized carbons (Fsp3) is 0.900. The van der Waals surface area contributed by atoms with Crippen LogP contribution in [0.2, 0.25) is 0 Å². The highest BCUT2D eigenvalue weighted by Gasteiger charge is 2.66. The first-order valence-corrected chi connectivity index (χ1v) is 4.80. The number of fused-ring (bicyclic) bond motifs is 2. The molecule has 1 saturated heterocycles. The van der Waals surface area contributed by atoms with Crippen LogP contribution in [-0.4, -0.2) is 18.1 Å². The van der Waals surface area contributed by atoms with Gasteiger partial charge in [-0.3, -0.25) is 4.79 Å². The Hall–Kier alpha value is -0.570. The Morgan fingerprint density at radius 1 is 1.31 bits per heavy atom. The molecule has 1 aliphatic heterocycles. The van der Waals surface area contributed by atoms with E-state index in [0.29, 0.717) is 6.61 Å². The molecule has 0 amide bonds. The normalized spacial score (nSPS) is 47.5. The predicted octanol–water partition coefficient (Wildman–Crippen LogP) is 1.07. The zero-order chi connectivity index (χ0) is 9.91. The summed E-state index contributed by atoms with van der Waals surface area (Å²) in [5, 5.41) is 0. The van der Waals surface area contributed by atoms with Gasteiger partial charge in [-0.25, -0.2) is 0 Å². The van der Waals surface area contributed by atoms with Gasteiger partial charge in [-0.1, -0.05) is 20.8 Å². The van der Waals surface area contributed by atoms with Crippen molar-refractivity contribution in [3.8, 4) is 0 Å². The summed E-state index contributed by atoms with van der Waals surface area (Å²) >= 11 is 0. The molecule has 1 saturated carbocycles. The second-order valence-electron chi connectivity index (χ2n) is 5.23. The number of carbonyl (C=O) groups excluding carboxylic acids is 1. The lowest BCUT2D eigenvalue weighted by Gasteiger charge is -2.49. The Labute approximate surface area is 78.6 Å². The van der Waals surface area contributed by atoms with Gasteiger partial charge >= 0.3 is 5.97 Å². The molecule has 1 aliphatic carbocycles. The van der Waals surface area contributed by atoms with Gasteiger partial charge in [0.2, 0.25) is 0 Å². The Balaban J connectivity index is 2.52. The van der Waals surface area contributed by atoms with Crippen molar-refractivity contribution in [1.29, 1.82) is 0 Å². The topological polar surface area (TPSA) is 52.3 Å². The van der Waals surface area contributed by atoms with Gasteiger partial charge in [0.1, 0.15) is 5.54 Å². The lowest BCUT2D eigenvalue weighted by atomic mass is 9.62. The van der Waals surface area contributed by atoms with E-state index in [-0.39, 0.29) is 16.8 Å². The van der Waals surface area contributed by atoms with Crippen LogP contribution < -0.4 is 5.73 Å². The molecule has 0 aromatic heterocycles. The number of rotatable bonds is 0. The largest absolute Gasteiger partial charge is 0.464 e. The molecule has 2 atom stereocenters. The molecule has 1 heterocycles. The van der Waals surface area contributed by atoms with Crippen LogP contribution in [0, 0.1) is 10.8 Å². The van der Waals surface area contributed by atoms with Gasteiger partial charge in [0.05, 0.1) is 6.61 Å². The molecule has 74 valence electrons. The highest BCUT2D eigenvalue weighted by Crippen LogP contribution is 2.59. The average Bonchev–Trinajstić information content (AvgIpc) is 2.20. The second kappa shape index (κ2) is 2.08. The minimum Gasteiger partial charge on any atom is -0.464 e. The molecular formula is C10H17NO2. The van der Waals surface area contributed by atoms with Crippen molar-refractivity contribution >= 4 is 5.97 Å². The SMILES string of the molecule is CC12CCC(N)(C(=O)OC1)C2(C)C. The van der Waals surface area contributed by atoms with Crippen LogP contribution in [0.1, 0.15) is 33.6 Å². The van der Waals surface area contributed by atoms with Gasteiger partial charge in [0, 0.05) is 10.8 Å². The van der Waals surface area contributed by atoms with Crippen LogP contribution in [0.3, 0.4) is 0 Å². The Bertz CT molecular complexity index is 274. The Morgan fingerprint density at radius 3 is 2.46 bits per heavy atom. The lowest BCUT2D eigenvalue weighted by molar-refractivity contribution is -0.173. The maximum absolute atomic E-state index is 11.6. The molecule has 2 unspecified atom stereocenters. The molecule has 0 aromatic carbocycles. The van der Waals surface area contributed by atoms with Crippen molar-refractivity contribution in [2.24, 2.45) is 16.6 Å². The molecule has 0 spiro atoms. The van der Waals surface area contributed by atoms with Gasteiger partial charge in [0.15, 0.2) is 0 Å². The molecule has 13 heavy (non-hydrogen) atoms. The van der Waals surface area contributed by atoms with E-state index in [1.54, 1.807) is 0 Å². The minimum absolute atomic E-state index is 0.0651. The number of hydrogen-bond acceptors (Lipinski definition) is 3. The van der Waals surface area contributed by atoms with Crippen LogP contribution in [-0.2, 0) is 9.53 Å². The Morgan fingerprint density at radius 2 is 1.92 bits per heavy atom. The van der Waals surface area contributed by atoms with Crippen molar-refractivity contribution in [1.82, 2.24) is 0 Å². The number of esters is 1. The van der Waals surface area contributed by atoms with Gasteiger partial charge < -0.3 is 10.5 Å². The van der Waals surface area contributed by atoms with Crippen molar-refractivity contribution in [2.75, 3.05) is 6.61 Å². The summed E-state index contributed by atoms with van der Waals surface area (Å²) in [6.45, 7) is 6.85. The van der Waals surface area contributed by atoms with Crippen molar-refractivity contribution in [2.45, 2.75) is 39.2 Å². The smallest absolute Gasteiger partial charge is 0.326 e. The van der Waals surface area contributed by atoms with E-state index in [2.05, 4.69) is 20.8 Å².